The summed E-state index contributed by atoms with van der Waals surface area (Å²) in [6, 6.07) is 14.3. The third-order valence-electron chi connectivity index (χ3n) is 5.43. The number of aromatic nitrogens is 1. The highest BCUT2D eigenvalue weighted by atomic mass is 16.5. The number of rotatable bonds is 3. The number of carbonyl (C=O) groups is 1. The molecule has 3 aromatic rings. The Hall–Kier alpha value is -2.75. The fourth-order valence-corrected chi connectivity index (χ4v) is 3.94. The molecular weight excluding hydrogens is 324 g/mol. The van der Waals surface area contributed by atoms with Crippen LogP contribution in [0.4, 0.5) is 0 Å². The van der Waals surface area contributed by atoms with E-state index in [0.717, 1.165) is 24.3 Å². The molecule has 1 aromatic heterocycles. The number of benzene rings is 2. The van der Waals surface area contributed by atoms with E-state index in [1.54, 1.807) is 7.11 Å². The number of aryl methyl sites for hydroxylation is 2. The Morgan fingerprint density at radius 3 is 2.65 bits per heavy atom. The molecule has 0 N–H and O–H groups in total. The zero-order chi connectivity index (χ0) is 18.3. The molecule has 1 aliphatic heterocycles. The maximum absolute atomic E-state index is 12.8. The molecule has 0 bridgehead atoms. The molecule has 0 atom stereocenters. The van der Waals surface area contributed by atoms with Gasteiger partial charge < -0.3 is 14.2 Å². The molecule has 26 heavy (non-hydrogen) atoms. The minimum Gasteiger partial charge on any atom is -0.497 e. The van der Waals surface area contributed by atoms with E-state index in [9.17, 15) is 4.79 Å². The van der Waals surface area contributed by atoms with Crippen molar-refractivity contribution in [2.24, 2.45) is 7.05 Å². The number of amides is 1. The van der Waals surface area contributed by atoms with Crippen molar-refractivity contribution < 1.29 is 9.53 Å². The summed E-state index contributed by atoms with van der Waals surface area (Å²) in [5, 5.41) is 1.28. The van der Waals surface area contributed by atoms with Crippen LogP contribution >= 0.6 is 0 Å². The second-order valence-electron chi connectivity index (χ2n) is 7.10. The van der Waals surface area contributed by atoms with Gasteiger partial charge in [-0.05, 0) is 36.8 Å². The van der Waals surface area contributed by atoms with Gasteiger partial charge in [0.2, 0.25) is 5.91 Å². The maximum atomic E-state index is 12.8. The van der Waals surface area contributed by atoms with Gasteiger partial charge in [0.05, 0.1) is 13.5 Å². The lowest BCUT2D eigenvalue weighted by atomic mass is 10.0. The van der Waals surface area contributed by atoms with Gasteiger partial charge in [-0.1, -0.05) is 23.8 Å². The van der Waals surface area contributed by atoms with Crippen molar-refractivity contribution in [1.29, 1.82) is 0 Å². The lowest BCUT2D eigenvalue weighted by Crippen LogP contribution is -2.37. The SMILES string of the molecule is COc1ccc(CC(=O)N2CCc3c(c4cc(C)ccc4n3C)C2)cc1. The minimum atomic E-state index is 0.186. The van der Waals surface area contributed by atoms with Crippen LogP contribution in [-0.4, -0.2) is 29.0 Å². The van der Waals surface area contributed by atoms with Crippen molar-refractivity contribution >= 4 is 16.8 Å². The van der Waals surface area contributed by atoms with Gasteiger partial charge in [0, 0.05) is 48.7 Å². The summed E-state index contributed by atoms with van der Waals surface area (Å²) in [5.74, 6) is 1.00. The Bertz CT molecular complexity index is 970. The molecule has 4 rings (SSSR count). The molecule has 2 aromatic carbocycles. The highest BCUT2D eigenvalue weighted by Gasteiger charge is 2.25. The van der Waals surface area contributed by atoms with Gasteiger partial charge in [-0.15, -0.1) is 0 Å². The average molecular weight is 348 g/mol. The van der Waals surface area contributed by atoms with E-state index in [2.05, 4.69) is 36.7 Å². The van der Waals surface area contributed by atoms with Crippen LogP contribution in [0.15, 0.2) is 42.5 Å². The number of fused-ring (bicyclic) bond motifs is 3. The van der Waals surface area contributed by atoms with Crippen molar-refractivity contribution in [3.05, 3.63) is 64.8 Å². The lowest BCUT2D eigenvalue weighted by molar-refractivity contribution is -0.131. The Morgan fingerprint density at radius 2 is 1.92 bits per heavy atom. The minimum absolute atomic E-state index is 0.186. The van der Waals surface area contributed by atoms with E-state index in [1.165, 1.54) is 27.7 Å². The fourth-order valence-electron chi connectivity index (χ4n) is 3.94. The largest absolute Gasteiger partial charge is 0.497 e. The van der Waals surface area contributed by atoms with Crippen LogP contribution in [-0.2, 0) is 31.2 Å². The van der Waals surface area contributed by atoms with Crippen molar-refractivity contribution in [2.45, 2.75) is 26.3 Å². The molecule has 1 aliphatic rings. The lowest BCUT2D eigenvalue weighted by Gasteiger charge is -2.28. The zero-order valence-electron chi connectivity index (χ0n) is 15.6. The molecule has 0 aliphatic carbocycles. The number of nitrogens with zero attached hydrogens (tertiary/aromatic N) is 2. The third kappa shape index (κ3) is 2.85. The predicted octanol–water partition coefficient (Wildman–Crippen LogP) is 3.62. The summed E-state index contributed by atoms with van der Waals surface area (Å²) in [6.07, 6.45) is 1.34. The second kappa shape index (κ2) is 6.52. The first-order valence-electron chi connectivity index (χ1n) is 9.04. The van der Waals surface area contributed by atoms with Gasteiger partial charge in [0.15, 0.2) is 0 Å². The first kappa shape index (κ1) is 16.7. The average Bonchev–Trinajstić information content (AvgIpc) is 2.93. The molecule has 0 saturated carbocycles. The van der Waals surface area contributed by atoms with Crippen LogP contribution in [0.5, 0.6) is 5.75 Å². The Morgan fingerprint density at radius 1 is 1.15 bits per heavy atom. The Labute approximate surface area is 154 Å². The molecule has 134 valence electrons. The van der Waals surface area contributed by atoms with E-state index in [0.29, 0.717) is 13.0 Å². The topological polar surface area (TPSA) is 34.5 Å². The number of carbonyl (C=O) groups excluding carboxylic acids is 1. The van der Waals surface area contributed by atoms with Crippen LogP contribution in [0, 0.1) is 6.92 Å². The van der Waals surface area contributed by atoms with Crippen molar-refractivity contribution in [3.63, 3.8) is 0 Å². The second-order valence-corrected chi connectivity index (χ2v) is 7.10. The number of hydrogen-bond acceptors (Lipinski definition) is 2. The van der Waals surface area contributed by atoms with Gasteiger partial charge in [-0.3, -0.25) is 4.79 Å². The number of ether oxygens (including phenoxy) is 1. The van der Waals surface area contributed by atoms with E-state index < -0.39 is 0 Å². The number of methoxy groups -OCH3 is 1. The molecule has 4 heteroatoms. The molecular formula is C22H24N2O2. The van der Waals surface area contributed by atoms with Crippen molar-refractivity contribution in [1.82, 2.24) is 9.47 Å². The Kier molecular flexibility index (Phi) is 4.19. The summed E-state index contributed by atoms with van der Waals surface area (Å²) in [7, 11) is 3.78. The fraction of sp³-hybridized carbons (Fsp3) is 0.318. The van der Waals surface area contributed by atoms with Gasteiger partial charge in [0.1, 0.15) is 5.75 Å². The van der Waals surface area contributed by atoms with E-state index >= 15 is 0 Å². The molecule has 0 radical (unpaired) electrons. The smallest absolute Gasteiger partial charge is 0.227 e. The summed E-state index contributed by atoms with van der Waals surface area (Å²) >= 11 is 0. The van der Waals surface area contributed by atoms with Gasteiger partial charge >= 0.3 is 0 Å². The highest BCUT2D eigenvalue weighted by molar-refractivity contribution is 5.87. The quantitative estimate of drug-likeness (QED) is 0.724. The monoisotopic (exact) mass is 348 g/mol. The molecule has 2 heterocycles. The molecule has 0 saturated heterocycles. The summed E-state index contributed by atoms with van der Waals surface area (Å²) in [5.41, 5.74) is 6.20. The van der Waals surface area contributed by atoms with Crippen LogP contribution in [0.25, 0.3) is 10.9 Å². The molecule has 0 spiro atoms. The molecule has 0 fully saturated rings. The first-order valence-corrected chi connectivity index (χ1v) is 9.04. The number of hydrogen-bond donors (Lipinski definition) is 0. The molecule has 1 amide bonds. The van der Waals surface area contributed by atoms with E-state index in [4.69, 9.17) is 4.74 Å². The van der Waals surface area contributed by atoms with Crippen LogP contribution in [0.1, 0.15) is 22.4 Å². The van der Waals surface area contributed by atoms with Crippen molar-refractivity contribution in [2.75, 3.05) is 13.7 Å². The van der Waals surface area contributed by atoms with Crippen molar-refractivity contribution in [3.8, 4) is 5.75 Å². The van der Waals surface area contributed by atoms with Crippen LogP contribution in [0.2, 0.25) is 0 Å². The normalized spacial score (nSPS) is 13.7. The summed E-state index contributed by atoms with van der Waals surface area (Å²) in [6.45, 7) is 3.60. The predicted molar refractivity (Wildman–Crippen MR) is 103 cm³/mol. The third-order valence-corrected chi connectivity index (χ3v) is 5.43. The first-order chi connectivity index (χ1) is 12.6. The highest BCUT2D eigenvalue weighted by Crippen LogP contribution is 2.31. The van der Waals surface area contributed by atoms with Gasteiger partial charge in [0.25, 0.3) is 0 Å². The Balaban J connectivity index is 1.57. The van der Waals surface area contributed by atoms with E-state index in [1.807, 2.05) is 29.2 Å². The standard InChI is InChI=1S/C22H24N2O2/c1-15-4-9-20-18(12-15)19-14-24(11-10-21(19)23(20)2)22(25)13-16-5-7-17(26-3)8-6-16/h4-9,12H,10-11,13-14H2,1-3H3. The van der Waals surface area contributed by atoms with Gasteiger partial charge in [-0.2, -0.15) is 0 Å². The van der Waals surface area contributed by atoms with E-state index in [-0.39, 0.29) is 5.91 Å². The molecule has 4 nitrogen and oxygen atoms in total. The summed E-state index contributed by atoms with van der Waals surface area (Å²) in [4.78, 5) is 14.8. The van der Waals surface area contributed by atoms with Crippen LogP contribution in [0.3, 0.4) is 0 Å². The van der Waals surface area contributed by atoms with Crippen LogP contribution < -0.4 is 4.74 Å². The maximum Gasteiger partial charge on any atom is 0.227 e. The van der Waals surface area contributed by atoms with Gasteiger partial charge in [-0.25, -0.2) is 0 Å². The molecule has 0 unspecified atom stereocenters. The summed E-state index contributed by atoms with van der Waals surface area (Å²) < 4.78 is 7.47. The zero-order valence-corrected chi connectivity index (χ0v) is 15.6.